The van der Waals surface area contributed by atoms with Gasteiger partial charge in [-0.1, -0.05) is 6.07 Å². The van der Waals surface area contributed by atoms with Gasteiger partial charge in [0.15, 0.2) is 10.6 Å². The molecule has 2 aromatic rings. The summed E-state index contributed by atoms with van der Waals surface area (Å²) in [6.45, 7) is 4.16. The maximum atomic E-state index is 12.3. The predicted molar refractivity (Wildman–Crippen MR) is 84.9 cm³/mol. The Kier molecular flexibility index (Phi) is 5.27. The van der Waals surface area contributed by atoms with Crippen molar-refractivity contribution in [1.82, 2.24) is 20.1 Å². The van der Waals surface area contributed by atoms with E-state index < -0.39 is 6.04 Å². The fourth-order valence-electron chi connectivity index (χ4n) is 2.02. The van der Waals surface area contributed by atoms with Crippen LogP contribution in [-0.2, 0) is 9.53 Å². The second kappa shape index (κ2) is 6.97. The van der Waals surface area contributed by atoms with E-state index in [0.717, 1.165) is 4.88 Å². The van der Waals surface area contributed by atoms with Crippen LogP contribution in [0.5, 0.6) is 0 Å². The highest BCUT2D eigenvalue weighted by Crippen LogP contribution is 2.25. The summed E-state index contributed by atoms with van der Waals surface area (Å²) in [5.41, 5.74) is 0. The van der Waals surface area contributed by atoms with Gasteiger partial charge in [-0.15, -0.1) is 11.3 Å². The van der Waals surface area contributed by atoms with Crippen LogP contribution in [0.4, 0.5) is 0 Å². The summed E-state index contributed by atoms with van der Waals surface area (Å²) in [5, 5.41) is 11.8. The molecule has 0 aliphatic heterocycles. The molecule has 0 bridgehead atoms. The van der Waals surface area contributed by atoms with E-state index in [-0.39, 0.29) is 11.9 Å². The molecular weight excluding hydrogens is 308 g/mol. The molecule has 0 fully saturated rings. The molecule has 8 heteroatoms. The summed E-state index contributed by atoms with van der Waals surface area (Å²) in [7, 11) is 1.60. The van der Waals surface area contributed by atoms with Crippen molar-refractivity contribution >= 4 is 29.5 Å². The summed E-state index contributed by atoms with van der Waals surface area (Å²) < 4.78 is 7.19. The standard InChI is InChI=1S/C13H18N4O2S2/c1-8(7-19-3)14-12(18)9(2)17-11(15-16-13(17)20)10-5-4-6-21-10/h4-6,8-9H,7H2,1-3H3,(H,14,18)(H,16,20)/t8-,9-/m0/s1. The summed E-state index contributed by atoms with van der Waals surface area (Å²) in [5.74, 6) is 0.562. The number of nitrogens with one attached hydrogen (secondary N) is 2. The van der Waals surface area contributed by atoms with E-state index >= 15 is 0 Å². The molecule has 2 rings (SSSR count). The van der Waals surface area contributed by atoms with Gasteiger partial charge in [0.1, 0.15) is 6.04 Å². The minimum absolute atomic E-state index is 0.0591. The zero-order valence-corrected chi connectivity index (χ0v) is 13.8. The average Bonchev–Trinajstić information content (AvgIpc) is 3.06. The van der Waals surface area contributed by atoms with Gasteiger partial charge in [0, 0.05) is 13.2 Å². The van der Waals surface area contributed by atoms with Crippen molar-refractivity contribution in [3.63, 3.8) is 0 Å². The first kappa shape index (κ1) is 15.9. The Bertz CT molecular complexity index is 647. The van der Waals surface area contributed by atoms with Gasteiger partial charge >= 0.3 is 0 Å². The van der Waals surface area contributed by atoms with Crippen LogP contribution in [0.2, 0.25) is 0 Å². The molecule has 0 aliphatic carbocycles. The summed E-state index contributed by atoms with van der Waals surface area (Å²) in [6.07, 6.45) is 0. The molecule has 0 radical (unpaired) electrons. The molecule has 0 aliphatic rings. The Labute approximate surface area is 132 Å². The van der Waals surface area contributed by atoms with Gasteiger partial charge in [0.25, 0.3) is 0 Å². The van der Waals surface area contributed by atoms with E-state index in [1.165, 1.54) is 0 Å². The van der Waals surface area contributed by atoms with E-state index in [1.54, 1.807) is 29.9 Å². The molecule has 2 N–H and O–H groups in total. The van der Waals surface area contributed by atoms with E-state index in [0.29, 0.717) is 17.2 Å². The van der Waals surface area contributed by atoms with Crippen LogP contribution in [0.25, 0.3) is 10.7 Å². The molecule has 21 heavy (non-hydrogen) atoms. The minimum Gasteiger partial charge on any atom is -0.383 e. The third-order valence-electron chi connectivity index (χ3n) is 3.02. The quantitative estimate of drug-likeness (QED) is 0.800. The first-order chi connectivity index (χ1) is 10.0. The fourth-order valence-corrected chi connectivity index (χ4v) is 3.02. The first-order valence-corrected chi connectivity index (χ1v) is 7.83. The molecule has 0 saturated heterocycles. The summed E-state index contributed by atoms with van der Waals surface area (Å²) in [6, 6.07) is 3.38. The third-order valence-corrected chi connectivity index (χ3v) is 4.17. The smallest absolute Gasteiger partial charge is 0.243 e. The van der Waals surface area contributed by atoms with Crippen LogP contribution >= 0.6 is 23.6 Å². The molecule has 0 aromatic carbocycles. The zero-order valence-electron chi connectivity index (χ0n) is 12.1. The van der Waals surface area contributed by atoms with Crippen LogP contribution in [0.1, 0.15) is 19.9 Å². The predicted octanol–water partition coefficient (Wildman–Crippen LogP) is 2.38. The molecule has 0 unspecified atom stereocenters. The van der Waals surface area contributed by atoms with Gasteiger partial charge in [0.05, 0.1) is 11.5 Å². The van der Waals surface area contributed by atoms with Crippen molar-refractivity contribution in [2.24, 2.45) is 0 Å². The van der Waals surface area contributed by atoms with Crippen LogP contribution in [0.3, 0.4) is 0 Å². The number of amides is 1. The minimum atomic E-state index is -0.451. The third kappa shape index (κ3) is 3.58. The van der Waals surface area contributed by atoms with Gasteiger partial charge in [-0.05, 0) is 37.5 Å². The Balaban J connectivity index is 2.23. The van der Waals surface area contributed by atoms with Crippen molar-refractivity contribution < 1.29 is 9.53 Å². The molecule has 2 aromatic heterocycles. The molecule has 0 spiro atoms. The average molecular weight is 326 g/mol. The van der Waals surface area contributed by atoms with Crippen molar-refractivity contribution in [3.05, 3.63) is 22.3 Å². The Hall–Kier alpha value is -1.51. The lowest BCUT2D eigenvalue weighted by molar-refractivity contribution is -0.124. The molecule has 6 nitrogen and oxygen atoms in total. The number of rotatable bonds is 6. The highest BCUT2D eigenvalue weighted by Gasteiger charge is 2.22. The zero-order chi connectivity index (χ0) is 15.4. The number of hydrogen-bond acceptors (Lipinski definition) is 5. The van der Waals surface area contributed by atoms with E-state index in [2.05, 4.69) is 15.5 Å². The number of ether oxygens (including phenoxy) is 1. The largest absolute Gasteiger partial charge is 0.383 e. The topological polar surface area (TPSA) is 71.9 Å². The monoisotopic (exact) mass is 326 g/mol. The molecular formula is C13H18N4O2S2. The second-order valence-corrected chi connectivity index (χ2v) is 6.08. The van der Waals surface area contributed by atoms with E-state index in [1.807, 2.05) is 24.4 Å². The summed E-state index contributed by atoms with van der Waals surface area (Å²) in [4.78, 5) is 13.3. The van der Waals surface area contributed by atoms with Gasteiger partial charge in [0.2, 0.25) is 5.91 Å². The Morgan fingerprint density at radius 3 is 3.00 bits per heavy atom. The van der Waals surface area contributed by atoms with Gasteiger partial charge < -0.3 is 10.1 Å². The maximum absolute atomic E-state index is 12.3. The van der Waals surface area contributed by atoms with Gasteiger partial charge in [-0.2, -0.15) is 5.10 Å². The number of nitrogens with zero attached hydrogens (tertiary/aromatic N) is 2. The van der Waals surface area contributed by atoms with Crippen LogP contribution in [0.15, 0.2) is 17.5 Å². The number of carbonyl (C=O) groups excluding carboxylic acids is 1. The lowest BCUT2D eigenvalue weighted by Gasteiger charge is -2.18. The number of aromatic amines is 1. The fraction of sp³-hybridized carbons (Fsp3) is 0.462. The van der Waals surface area contributed by atoms with Crippen molar-refractivity contribution in [1.29, 1.82) is 0 Å². The molecule has 1 amide bonds. The maximum Gasteiger partial charge on any atom is 0.243 e. The van der Waals surface area contributed by atoms with Crippen molar-refractivity contribution in [2.45, 2.75) is 25.9 Å². The first-order valence-electron chi connectivity index (χ1n) is 6.54. The number of methoxy groups -OCH3 is 1. The van der Waals surface area contributed by atoms with E-state index in [9.17, 15) is 4.79 Å². The lowest BCUT2D eigenvalue weighted by atomic mass is 10.2. The Morgan fingerprint density at radius 1 is 1.62 bits per heavy atom. The highest BCUT2D eigenvalue weighted by molar-refractivity contribution is 7.71. The molecule has 114 valence electrons. The van der Waals surface area contributed by atoms with Gasteiger partial charge in [-0.25, -0.2) is 0 Å². The van der Waals surface area contributed by atoms with Crippen LogP contribution in [0, 0.1) is 4.77 Å². The number of carbonyl (C=O) groups is 1. The number of H-pyrrole nitrogens is 1. The number of hydrogen-bond donors (Lipinski definition) is 2. The second-order valence-electron chi connectivity index (χ2n) is 4.74. The van der Waals surface area contributed by atoms with Crippen LogP contribution in [-0.4, -0.2) is 40.4 Å². The highest BCUT2D eigenvalue weighted by atomic mass is 32.1. The summed E-state index contributed by atoms with van der Waals surface area (Å²) >= 11 is 6.81. The molecule has 0 saturated carbocycles. The van der Waals surface area contributed by atoms with Crippen molar-refractivity contribution in [2.75, 3.05) is 13.7 Å². The molecule has 2 heterocycles. The van der Waals surface area contributed by atoms with Gasteiger partial charge in [-0.3, -0.25) is 14.5 Å². The lowest BCUT2D eigenvalue weighted by Crippen LogP contribution is -2.39. The molecule has 2 atom stereocenters. The number of thiophene rings is 1. The van der Waals surface area contributed by atoms with Crippen LogP contribution < -0.4 is 5.32 Å². The van der Waals surface area contributed by atoms with Crippen molar-refractivity contribution in [3.8, 4) is 10.7 Å². The van der Waals surface area contributed by atoms with E-state index in [4.69, 9.17) is 17.0 Å². The number of aromatic nitrogens is 3. The normalized spacial score (nSPS) is 13.9. The Morgan fingerprint density at radius 2 is 2.38 bits per heavy atom. The SMILES string of the molecule is COC[C@H](C)NC(=O)[C@H](C)n1c(-c2cccs2)n[nH]c1=S.